The third-order valence-electron chi connectivity index (χ3n) is 3.81. The summed E-state index contributed by atoms with van der Waals surface area (Å²) in [6.07, 6.45) is 3.13. The van der Waals surface area contributed by atoms with Crippen LogP contribution < -0.4 is 0 Å². The smallest absolute Gasteiger partial charge is 0.354 e. The van der Waals surface area contributed by atoms with Crippen molar-refractivity contribution in [3.05, 3.63) is 29.6 Å². The Labute approximate surface area is 128 Å². The van der Waals surface area contributed by atoms with E-state index in [1.165, 1.54) is 6.07 Å². The van der Waals surface area contributed by atoms with Gasteiger partial charge in [0.25, 0.3) is 5.91 Å². The summed E-state index contributed by atoms with van der Waals surface area (Å²) in [7, 11) is 1.78. The van der Waals surface area contributed by atoms with E-state index in [2.05, 4.69) is 11.9 Å². The number of hydrogen-bond donors (Lipinski definition) is 1. The van der Waals surface area contributed by atoms with Crippen molar-refractivity contribution in [2.75, 3.05) is 12.8 Å². The second kappa shape index (κ2) is 6.93. The van der Waals surface area contributed by atoms with Crippen LogP contribution in [0.4, 0.5) is 0 Å². The minimum atomic E-state index is -1.12. The molecule has 1 fully saturated rings. The number of carbonyl (C=O) groups is 2. The molecule has 1 amide bonds. The Bertz CT molecular complexity index is 535. The number of hydrogen-bond acceptors (Lipinski definition) is 4. The van der Waals surface area contributed by atoms with Gasteiger partial charge in [0.2, 0.25) is 0 Å². The van der Waals surface area contributed by atoms with E-state index < -0.39 is 5.97 Å². The maximum Gasteiger partial charge on any atom is 0.354 e. The van der Waals surface area contributed by atoms with Gasteiger partial charge < -0.3 is 10.0 Å². The van der Waals surface area contributed by atoms with Gasteiger partial charge in [-0.05, 0) is 37.1 Å². The zero-order valence-electron chi connectivity index (χ0n) is 12.3. The number of pyridine rings is 1. The Hall–Kier alpha value is -1.56. The van der Waals surface area contributed by atoms with E-state index in [0.717, 1.165) is 25.0 Å². The highest BCUT2D eigenvalue weighted by Gasteiger charge is 2.30. The second-order valence-corrected chi connectivity index (χ2v) is 6.75. The average Bonchev–Trinajstić information content (AvgIpc) is 2.95. The number of aromatic nitrogens is 1. The molecular formula is C15H20N2O3S. The van der Waals surface area contributed by atoms with E-state index in [4.69, 9.17) is 5.11 Å². The number of amides is 1. The summed E-state index contributed by atoms with van der Waals surface area (Å²) < 4.78 is 0. The number of rotatable bonds is 5. The normalized spacial score (nSPS) is 21.2. The lowest BCUT2D eigenvalue weighted by Gasteiger charge is -2.24. The fourth-order valence-corrected chi connectivity index (χ4v) is 3.81. The number of aromatic carboxylic acids is 1. The highest BCUT2D eigenvalue weighted by molar-refractivity contribution is 7.99. The van der Waals surface area contributed by atoms with E-state index in [-0.39, 0.29) is 23.3 Å². The minimum Gasteiger partial charge on any atom is -0.477 e. The van der Waals surface area contributed by atoms with Crippen molar-refractivity contribution >= 4 is 23.6 Å². The van der Waals surface area contributed by atoms with E-state index in [1.807, 2.05) is 11.8 Å². The van der Waals surface area contributed by atoms with Crippen LogP contribution in [0.25, 0.3) is 0 Å². The van der Waals surface area contributed by atoms with Crippen molar-refractivity contribution < 1.29 is 14.7 Å². The second-order valence-electron chi connectivity index (χ2n) is 5.17. The molecule has 1 aromatic heterocycles. The van der Waals surface area contributed by atoms with Crippen molar-refractivity contribution in [1.29, 1.82) is 0 Å². The summed E-state index contributed by atoms with van der Waals surface area (Å²) in [5.41, 5.74) is 0.101. The minimum absolute atomic E-state index is 0.0971. The molecule has 2 rings (SSSR count). The van der Waals surface area contributed by atoms with Crippen molar-refractivity contribution in [2.45, 2.75) is 37.5 Å². The molecule has 1 aliphatic carbocycles. The molecule has 1 N–H and O–H groups in total. The maximum absolute atomic E-state index is 12.4. The van der Waals surface area contributed by atoms with Gasteiger partial charge in [-0.25, -0.2) is 9.78 Å². The molecule has 2 atom stereocenters. The first-order chi connectivity index (χ1) is 10.0. The maximum atomic E-state index is 12.4. The number of carboxylic acid groups (broad SMARTS) is 1. The Balaban J connectivity index is 2.06. The van der Waals surface area contributed by atoms with Gasteiger partial charge in [-0.3, -0.25) is 4.79 Å². The fraction of sp³-hybridized carbons (Fsp3) is 0.533. The van der Waals surface area contributed by atoms with Crippen LogP contribution in [0.1, 0.15) is 47.2 Å². The van der Waals surface area contributed by atoms with Gasteiger partial charge in [-0.15, -0.1) is 0 Å². The molecule has 0 spiro atoms. The molecule has 2 unspecified atom stereocenters. The van der Waals surface area contributed by atoms with Crippen molar-refractivity contribution in [2.24, 2.45) is 0 Å². The quantitative estimate of drug-likeness (QED) is 0.905. The molecule has 0 aromatic carbocycles. The molecule has 0 saturated heterocycles. The largest absolute Gasteiger partial charge is 0.477 e. The SMILES string of the molecule is CCSC1CCC(N(C)C(=O)c2cccc(C(=O)O)n2)C1. The average molecular weight is 308 g/mol. The molecule has 6 heteroatoms. The lowest BCUT2D eigenvalue weighted by molar-refractivity contribution is 0.0689. The van der Waals surface area contributed by atoms with Gasteiger partial charge in [0.05, 0.1) is 0 Å². The van der Waals surface area contributed by atoms with Crippen LogP contribution in [-0.4, -0.2) is 51.0 Å². The monoisotopic (exact) mass is 308 g/mol. The van der Waals surface area contributed by atoms with Gasteiger partial charge in [0, 0.05) is 18.3 Å². The predicted molar refractivity (Wildman–Crippen MR) is 82.8 cm³/mol. The van der Waals surface area contributed by atoms with E-state index >= 15 is 0 Å². The molecule has 114 valence electrons. The van der Waals surface area contributed by atoms with Crippen LogP contribution in [0, 0.1) is 0 Å². The summed E-state index contributed by atoms with van der Waals surface area (Å²) in [5, 5.41) is 9.56. The summed E-state index contributed by atoms with van der Waals surface area (Å²) in [6, 6.07) is 4.74. The first kappa shape index (κ1) is 15.8. The standard InChI is InChI=1S/C15H20N2O3S/c1-3-21-11-8-7-10(9-11)17(2)14(18)12-5-4-6-13(16-12)15(19)20/h4-6,10-11H,3,7-9H2,1-2H3,(H,19,20). The van der Waals surface area contributed by atoms with Crippen molar-refractivity contribution in [3.63, 3.8) is 0 Å². The molecular weight excluding hydrogens is 288 g/mol. The molecule has 0 bridgehead atoms. The van der Waals surface area contributed by atoms with Crippen molar-refractivity contribution in [1.82, 2.24) is 9.88 Å². The third kappa shape index (κ3) is 3.75. The first-order valence-corrected chi connectivity index (χ1v) is 8.17. The lowest BCUT2D eigenvalue weighted by Crippen LogP contribution is -2.36. The van der Waals surface area contributed by atoms with Crippen LogP contribution in [0.3, 0.4) is 0 Å². The Kier molecular flexibility index (Phi) is 5.22. The molecule has 5 nitrogen and oxygen atoms in total. The molecule has 0 radical (unpaired) electrons. The zero-order valence-corrected chi connectivity index (χ0v) is 13.1. The zero-order chi connectivity index (χ0) is 15.4. The number of nitrogens with zero attached hydrogens (tertiary/aromatic N) is 2. The van der Waals surface area contributed by atoms with Gasteiger partial charge in [0.1, 0.15) is 11.4 Å². The van der Waals surface area contributed by atoms with Crippen LogP contribution in [0.15, 0.2) is 18.2 Å². The van der Waals surface area contributed by atoms with E-state index in [0.29, 0.717) is 5.25 Å². The third-order valence-corrected chi connectivity index (χ3v) is 5.05. The number of thioether (sulfide) groups is 1. The van der Waals surface area contributed by atoms with Crippen molar-refractivity contribution in [3.8, 4) is 0 Å². The van der Waals surface area contributed by atoms with Gasteiger partial charge >= 0.3 is 5.97 Å². The highest BCUT2D eigenvalue weighted by atomic mass is 32.2. The molecule has 1 saturated carbocycles. The Morgan fingerprint density at radius 1 is 1.38 bits per heavy atom. The molecule has 1 heterocycles. The number of carboxylic acids is 1. The first-order valence-electron chi connectivity index (χ1n) is 7.12. The van der Waals surface area contributed by atoms with Crippen LogP contribution in [-0.2, 0) is 0 Å². The van der Waals surface area contributed by atoms with Crippen LogP contribution in [0.2, 0.25) is 0 Å². The molecule has 1 aromatic rings. The summed E-state index contributed by atoms with van der Waals surface area (Å²) in [6.45, 7) is 2.15. The Morgan fingerprint density at radius 2 is 2.10 bits per heavy atom. The lowest BCUT2D eigenvalue weighted by atomic mass is 10.2. The summed E-state index contributed by atoms with van der Waals surface area (Å²) in [4.78, 5) is 29.0. The molecule has 21 heavy (non-hydrogen) atoms. The van der Waals surface area contributed by atoms with E-state index in [1.54, 1.807) is 24.1 Å². The van der Waals surface area contributed by atoms with E-state index in [9.17, 15) is 9.59 Å². The van der Waals surface area contributed by atoms with Gasteiger partial charge in [-0.2, -0.15) is 11.8 Å². The summed E-state index contributed by atoms with van der Waals surface area (Å²) in [5.74, 6) is -0.227. The van der Waals surface area contributed by atoms with Crippen LogP contribution in [0.5, 0.6) is 0 Å². The molecule has 0 aliphatic heterocycles. The number of carbonyl (C=O) groups excluding carboxylic acids is 1. The van der Waals surface area contributed by atoms with Gasteiger partial charge in [0.15, 0.2) is 0 Å². The predicted octanol–water partition coefficient (Wildman–Crippen LogP) is 2.53. The van der Waals surface area contributed by atoms with Gasteiger partial charge in [-0.1, -0.05) is 13.0 Å². The molecule has 1 aliphatic rings. The fourth-order valence-electron chi connectivity index (χ4n) is 2.68. The summed E-state index contributed by atoms with van der Waals surface area (Å²) >= 11 is 1.94. The topological polar surface area (TPSA) is 70.5 Å². The Morgan fingerprint density at radius 3 is 2.76 bits per heavy atom. The van der Waals surface area contributed by atoms with Crippen LogP contribution >= 0.6 is 11.8 Å². The highest BCUT2D eigenvalue weighted by Crippen LogP contribution is 2.32.